The molecule has 2 aromatic rings. The van der Waals surface area contributed by atoms with Crippen molar-refractivity contribution in [2.75, 3.05) is 32.8 Å². The third-order valence-electron chi connectivity index (χ3n) is 7.11. The summed E-state index contributed by atoms with van der Waals surface area (Å²) >= 11 is 3.54. The first-order valence-electron chi connectivity index (χ1n) is 11.7. The van der Waals surface area contributed by atoms with Gasteiger partial charge in [-0.3, -0.25) is 4.79 Å². The second-order valence-corrected chi connectivity index (χ2v) is 10.0. The van der Waals surface area contributed by atoms with Gasteiger partial charge in [0.25, 0.3) is 0 Å². The van der Waals surface area contributed by atoms with Gasteiger partial charge in [-0.15, -0.1) is 0 Å². The van der Waals surface area contributed by atoms with Crippen molar-refractivity contribution in [3.05, 3.63) is 63.6 Å². The van der Waals surface area contributed by atoms with Gasteiger partial charge >= 0.3 is 0 Å². The molecule has 31 heavy (non-hydrogen) atoms. The zero-order chi connectivity index (χ0) is 21.2. The molecule has 1 amide bonds. The van der Waals surface area contributed by atoms with E-state index in [0.717, 1.165) is 42.8 Å². The number of nitrogens with zero attached hydrogens (tertiary/aromatic N) is 2. The normalized spacial score (nSPS) is 23.5. The highest BCUT2D eigenvalue weighted by Crippen LogP contribution is 2.45. The zero-order valence-electron chi connectivity index (χ0n) is 18.1. The highest BCUT2D eigenvalue weighted by atomic mass is 79.9. The summed E-state index contributed by atoms with van der Waals surface area (Å²) in [7, 11) is 0. The fourth-order valence-corrected chi connectivity index (χ4v) is 5.73. The molecule has 0 bridgehead atoms. The molecule has 3 heterocycles. The Hall–Kier alpha value is -1.85. The molecule has 2 aromatic carbocycles. The van der Waals surface area contributed by atoms with Crippen molar-refractivity contribution in [2.45, 2.75) is 50.5 Å². The molecular formula is C26H31BrN2O2. The van der Waals surface area contributed by atoms with E-state index in [2.05, 4.69) is 68.2 Å². The Morgan fingerprint density at radius 3 is 2.61 bits per heavy atom. The molecule has 3 aliphatic heterocycles. The van der Waals surface area contributed by atoms with E-state index in [1.807, 2.05) is 0 Å². The van der Waals surface area contributed by atoms with Gasteiger partial charge in [0, 0.05) is 29.9 Å². The van der Waals surface area contributed by atoms with Gasteiger partial charge in [-0.25, -0.2) is 0 Å². The third-order valence-corrected chi connectivity index (χ3v) is 7.64. The predicted octanol–water partition coefficient (Wildman–Crippen LogP) is 5.51. The van der Waals surface area contributed by atoms with Crippen LogP contribution < -0.4 is 4.74 Å². The van der Waals surface area contributed by atoms with Crippen molar-refractivity contribution in [3.8, 4) is 5.75 Å². The van der Waals surface area contributed by atoms with Gasteiger partial charge < -0.3 is 14.5 Å². The standard InChI is InChI=1S/C26H31BrN2O2/c27-20-7-5-19(6-8-20)24-18-29-25(11-12-26(29)30)22-10-9-21(17-23(22)24)31-16-4-15-28-13-2-1-3-14-28/h5-10,17,24-25H,1-4,11-16,18H2/t24-,25+/m0/s1. The minimum Gasteiger partial charge on any atom is -0.494 e. The summed E-state index contributed by atoms with van der Waals surface area (Å²) in [6.45, 7) is 5.13. The van der Waals surface area contributed by atoms with E-state index >= 15 is 0 Å². The predicted molar refractivity (Wildman–Crippen MR) is 127 cm³/mol. The lowest BCUT2D eigenvalue weighted by Crippen LogP contribution is -2.37. The fraction of sp³-hybridized carbons (Fsp3) is 0.500. The first-order chi connectivity index (χ1) is 15.2. The largest absolute Gasteiger partial charge is 0.494 e. The Morgan fingerprint density at radius 2 is 1.81 bits per heavy atom. The summed E-state index contributed by atoms with van der Waals surface area (Å²) in [6.07, 6.45) is 6.71. The number of carbonyl (C=O) groups is 1. The van der Waals surface area contributed by atoms with Gasteiger partial charge in [-0.2, -0.15) is 0 Å². The molecular weight excluding hydrogens is 452 g/mol. The maximum atomic E-state index is 12.5. The van der Waals surface area contributed by atoms with Crippen LogP contribution in [-0.4, -0.2) is 48.5 Å². The number of rotatable bonds is 6. The van der Waals surface area contributed by atoms with E-state index in [1.165, 1.54) is 49.0 Å². The van der Waals surface area contributed by atoms with Crippen LogP contribution in [0, 0.1) is 0 Å². The summed E-state index contributed by atoms with van der Waals surface area (Å²) in [5.74, 6) is 1.44. The SMILES string of the molecule is O=C1CC[C@@H]2c3ccc(OCCCN4CCCCC4)cc3[C@H](c3ccc(Br)cc3)CN12. The molecule has 0 spiro atoms. The minimum atomic E-state index is 0.193. The molecule has 3 aliphatic rings. The fourth-order valence-electron chi connectivity index (χ4n) is 5.47. The molecule has 2 atom stereocenters. The molecule has 164 valence electrons. The summed E-state index contributed by atoms with van der Waals surface area (Å²) in [6, 6.07) is 15.3. The maximum absolute atomic E-state index is 12.5. The highest BCUT2D eigenvalue weighted by Gasteiger charge is 2.40. The number of ether oxygens (including phenoxy) is 1. The van der Waals surface area contributed by atoms with Gasteiger partial charge in [-0.05, 0) is 79.7 Å². The van der Waals surface area contributed by atoms with Gasteiger partial charge in [-0.1, -0.05) is 40.5 Å². The number of halogens is 1. The quantitative estimate of drug-likeness (QED) is 0.508. The summed E-state index contributed by atoms with van der Waals surface area (Å²) < 4.78 is 7.26. The monoisotopic (exact) mass is 482 g/mol. The van der Waals surface area contributed by atoms with E-state index in [-0.39, 0.29) is 17.9 Å². The lowest BCUT2D eigenvalue weighted by Gasteiger charge is -2.38. The van der Waals surface area contributed by atoms with E-state index in [4.69, 9.17) is 4.74 Å². The van der Waals surface area contributed by atoms with Crippen molar-refractivity contribution in [1.82, 2.24) is 9.80 Å². The zero-order valence-corrected chi connectivity index (χ0v) is 19.6. The molecule has 0 N–H and O–H groups in total. The summed E-state index contributed by atoms with van der Waals surface area (Å²) in [5.41, 5.74) is 3.88. The Labute approximate surface area is 193 Å². The average Bonchev–Trinajstić information content (AvgIpc) is 3.18. The van der Waals surface area contributed by atoms with Crippen molar-refractivity contribution in [2.24, 2.45) is 0 Å². The van der Waals surface area contributed by atoms with Crippen molar-refractivity contribution in [1.29, 1.82) is 0 Å². The molecule has 0 unspecified atom stereocenters. The minimum absolute atomic E-state index is 0.193. The average molecular weight is 483 g/mol. The van der Waals surface area contributed by atoms with E-state index in [1.54, 1.807) is 0 Å². The molecule has 0 radical (unpaired) electrons. The van der Waals surface area contributed by atoms with Crippen LogP contribution >= 0.6 is 15.9 Å². The summed E-state index contributed by atoms with van der Waals surface area (Å²) in [4.78, 5) is 17.2. The molecule has 5 heteroatoms. The van der Waals surface area contributed by atoms with Crippen LogP contribution in [0.3, 0.4) is 0 Å². The first-order valence-corrected chi connectivity index (χ1v) is 12.5. The topological polar surface area (TPSA) is 32.8 Å². The molecule has 2 fully saturated rings. The number of amides is 1. The Morgan fingerprint density at radius 1 is 1.00 bits per heavy atom. The van der Waals surface area contributed by atoms with E-state index in [9.17, 15) is 4.79 Å². The number of carbonyl (C=O) groups excluding carboxylic acids is 1. The molecule has 4 nitrogen and oxygen atoms in total. The molecule has 2 saturated heterocycles. The Kier molecular flexibility index (Phi) is 6.33. The van der Waals surface area contributed by atoms with Crippen molar-refractivity contribution in [3.63, 3.8) is 0 Å². The lowest BCUT2D eigenvalue weighted by atomic mass is 9.81. The van der Waals surface area contributed by atoms with Crippen LogP contribution in [-0.2, 0) is 4.79 Å². The molecule has 0 saturated carbocycles. The maximum Gasteiger partial charge on any atom is 0.223 e. The number of likely N-dealkylation sites (tertiary alicyclic amines) is 1. The number of fused-ring (bicyclic) bond motifs is 3. The lowest BCUT2D eigenvalue weighted by molar-refractivity contribution is -0.129. The van der Waals surface area contributed by atoms with E-state index in [0.29, 0.717) is 6.42 Å². The van der Waals surface area contributed by atoms with Crippen LogP contribution in [0.5, 0.6) is 5.75 Å². The second kappa shape index (κ2) is 9.33. The van der Waals surface area contributed by atoms with Gasteiger partial charge in [0.1, 0.15) is 5.75 Å². The number of piperidine rings is 1. The number of hydrogen-bond acceptors (Lipinski definition) is 3. The smallest absolute Gasteiger partial charge is 0.223 e. The number of benzene rings is 2. The Balaban J connectivity index is 1.33. The number of hydrogen-bond donors (Lipinski definition) is 0. The van der Waals surface area contributed by atoms with Crippen LogP contribution in [0.4, 0.5) is 0 Å². The summed E-state index contributed by atoms with van der Waals surface area (Å²) in [5, 5.41) is 0. The van der Waals surface area contributed by atoms with Crippen LogP contribution in [0.15, 0.2) is 46.9 Å². The third kappa shape index (κ3) is 4.54. The second-order valence-electron chi connectivity index (χ2n) is 9.10. The van der Waals surface area contributed by atoms with Gasteiger partial charge in [0.2, 0.25) is 5.91 Å². The molecule has 0 aliphatic carbocycles. The van der Waals surface area contributed by atoms with Crippen LogP contribution in [0.2, 0.25) is 0 Å². The van der Waals surface area contributed by atoms with Crippen LogP contribution in [0.25, 0.3) is 0 Å². The molecule has 0 aromatic heterocycles. The van der Waals surface area contributed by atoms with Crippen molar-refractivity contribution >= 4 is 21.8 Å². The van der Waals surface area contributed by atoms with Crippen LogP contribution in [0.1, 0.15) is 67.2 Å². The van der Waals surface area contributed by atoms with Crippen molar-refractivity contribution < 1.29 is 9.53 Å². The van der Waals surface area contributed by atoms with Gasteiger partial charge in [0.05, 0.1) is 12.6 Å². The first kappa shape index (κ1) is 21.0. The highest BCUT2D eigenvalue weighted by molar-refractivity contribution is 9.10. The Bertz CT molecular complexity index is 924. The van der Waals surface area contributed by atoms with E-state index < -0.39 is 0 Å². The molecule has 5 rings (SSSR count). The van der Waals surface area contributed by atoms with Gasteiger partial charge in [0.15, 0.2) is 0 Å².